The minimum absolute atomic E-state index is 0.0615. The molecule has 0 atom stereocenters. The third-order valence-electron chi connectivity index (χ3n) is 5.46. The van der Waals surface area contributed by atoms with Gasteiger partial charge in [-0.2, -0.15) is 22.7 Å². The van der Waals surface area contributed by atoms with Crippen molar-refractivity contribution in [2.24, 2.45) is 0 Å². The Balaban J connectivity index is 1.31. The van der Waals surface area contributed by atoms with Crippen molar-refractivity contribution in [3.63, 3.8) is 0 Å². The van der Waals surface area contributed by atoms with Crippen molar-refractivity contribution in [1.82, 2.24) is 29.5 Å². The van der Waals surface area contributed by atoms with Gasteiger partial charge in [-0.15, -0.1) is 16.4 Å². The van der Waals surface area contributed by atoms with Gasteiger partial charge in [0.2, 0.25) is 5.95 Å². The summed E-state index contributed by atoms with van der Waals surface area (Å²) in [6.07, 6.45) is -2.85. The maximum Gasteiger partial charge on any atom is 0.433 e. The van der Waals surface area contributed by atoms with Crippen LogP contribution in [0.2, 0.25) is 0 Å². The number of carbonyl (C=O) groups excluding carboxylic acids is 1. The first-order chi connectivity index (χ1) is 15.8. The van der Waals surface area contributed by atoms with E-state index in [1.165, 1.54) is 13.0 Å². The lowest BCUT2D eigenvalue weighted by Gasteiger charge is -2.34. The number of amides is 1. The van der Waals surface area contributed by atoms with Gasteiger partial charge in [0.05, 0.1) is 21.8 Å². The number of alkyl halides is 3. The van der Waals surface area contributed by atoms with Gasteiger partial charge in [-0.3, -0.25) is 4.79 Å². The molecule has 1 aliphatic heterocycles. The maximum atomic E-state index is 12.9. The van der Waals surface area contributed by atoms with Crippen LogP contribution in [0.15, 0.2) is 41.9 Å². The molecule has 0 N–H and O–H groups in total. The summed E-state index contributed by atoms with van der Waals surface area (Å²) in [7, 11) is 0. The van der Waals surface area contributed by atoms with Crippen molar-refractivity contribution in [3.8, 4) is 10.6 Å². The number of anilines is 1. The molecule has 12 heteroatoms. The number of halogens is 3. The van der Waals surface area contributed by atoms with Crippen molar-refractivity contribution >= 4 is 29.0 Å². The summed E-state index contributed by atoms with van der Waals surface area (Å²) in [5.74, 6) is 0.671. The minimum atomic E-state index is -4.54. The van der Waals surface area contributed by atoms with E-state index in [2.05, 4.69) is 20.1 Å². The highest BCUT2D eigenvalue weighted by Gasteiger charge is 2.33. The molecule has 1 fully saturated rings. The molecule has 5 heterocycles. The lowest BCUT2D eigenvalue weighted by molar-refractivity contribution is -0.141. The molecule has 0 saturated carbocycles. The third-order valence-corrected chi connectivity index (χ3v) is 6.35. The zero-order chi connectivity index (χ0) is 23.2. The number of hydrogen-bond donors (Lipinski definition) is 0. The van der Waals surface area contributed by atoms with Crippen molar-refractivity contribution in [2.45, 2.75) is 13.1 Å². The highest BCUT2D eigenvalue weighted by Crippen LogP contribution is 2.29. The predicted molar refractivity (Wildman–Crippen MR) is 116 cm³/mol. The number of thiophene rings is 1. The first-order valence-electron chi connectivity index (χ1n) is 10.2. The molecule has 1 amide bonds. The van der Waals surface area contributed by atoms with Crippen molar-refractivity contribution in [2.75, 3.05) is 31.1 Å². The fourth-order valence-electron chi connectivity index (χ4n) is 3.75. The lowest BCUT2D eigenvalue weighted by Crippen LogP contribution is -2.49. The van der Waals surface area contributed by atoms with Crippen LogP contribution in [0.3, 0.4) is 0 Å². The molecule has 0 unspecified atom stereocenters. The predicted octanol–water partition coefficient (Wildman–Crippen LogP) is 3.54. The van der Waals surface area contributed by atoms with E-state index >= 15 is 0 Å². The Labute approximate surface area is 190 Å². The molecule has 0 aliphatic carbocycles. The molecule has 0 bridgehead atoms. The van der Waals surface area contributed by atoms with Crippen LogP contribution in [0.1, 0.15) is 21.7 Å². The van der Waals surface area contributed by atoms with Crippen LogP contribution in [-0.4, -0.2) is 61.6 Å². The van der Waals surface area contributed by atoms with Gasteiger partial charge >= 0.3 is 6.18 Å². The van der Waals surface area contributed by atoms with E-state index in [1.54, 1.807) is 26.9 Å². The fourth-order valence-corrected chi connectivity index (χ4v) is 4.49. The van der Waals surface area contributed by atoms with Gasteiger partial charge in [0.15, 0.2) is 0 Å². The number of hydrogen-bond acceptors (Lipinski definition) is 7. The van der Waals surface area contributed by atoms with Gasteiger partial charge in [0.25, 0.3) is 11.7 Å². The molecule has 4 aromatic rings. The van der Waals surface area contributed by atoms with Crippen molar-refractivity contribution < 1.29 is 18.0 Å². The standard InChI is InChI=1S/C21H18F3N7OS/c1-13-14(4-5-17(26-13)21(22,23)24)18(32)29-8-10-30(11-9-29)20-27-19-25-7-6-15(31(19)28-20)16-3-2-12-33-16/h2-7,12H,8-11H2,1H3. The van der Waals surface area contributed by atoms with Crippen LogP contribution in [0.4, 0.5) is 19.1 Å². The Bertz CT molecular complexity index is 1310. The molecule has 0 spiro atoms. The first-order valence-corrected chi connectivity index (χ1v) is 11.0. The van der Waals surface area contributed by atoms with Crippen LogP contribution in [-0.2, 0) is 6.18 Å². The molecule has 0 aromatic carbocycles. The van der Waals surface area contributed by atoms with Crippen LogP contribution in [0.5, 0.6) is 0 Å². The molecular weight excluding hydrogens is 455 g/mol. The van der Waals surface area contributed by atoms with Gasteiger partial charge in [-0.25, -0.2) is 9.97 Å². The van der Waals surface area contributed by atoms with Crippen LogP contribution in [0, 0.1) is 6.92 Å². The van der Waals surface area contributed by atoms with Gasteiger partial charge in [-0.05, 0) is 36.6 Å². The number of carbonyl (C=O) groups is 1. The van der Waals surface area contributed by atoms with Crippen LogP contribution >= 0.6 is 11.3 Å². The number of pyridine rings is 1. The molecule has 5 rings (SSSR count). The van der Waals surface area contributed by atoms with Gasteiger partial charge < -0.3 is 9.80 Å². The molecule has 170 valence electrons. The summed E-state index contributed by atoms with van der Waals surface area (Å²) in [4.78, 5) is 29.9. The van der Waals surface area contributed by atoms with Gasteiger partial charge in [0.1, 0.15) is 5.69 Å². The van der Waals surface area contributed by atoms with Crippen molar-refractivity contribution in [3.05, 3.63) is 58.9 Å². The summed E-state index contributed by atoms with van der Waals surface area (Å²) in [5.41, 5.74) is 0.126. The Morgan fingerprint density at radius 1 is 1.06 bits per heavy atom. The molecule has 8 nitrogen and oxygen atoms in total. The minimum Gasteiger partial charge on any atom is -0.336 e. The van der Waals surface area contributed by atoms with E-state index in [-0.39, 0.29) is 17.2 Å². The summed E-state index contributed by atoms with van der Waals surface area (Å²) < 4.78 is 40.3. The molecule has 1 aliphatic rings. The fraction of sp³-hybridized carbons (Fsp3) is 0.286. The number of nitrogens with zero attached hydrogens (tertiary/aromatic N) is 7. The Hall–Kier alpha value is -3.54. The highest BCUT2D eigenvalue weighted by molar-refractivity contribution is 7.13. The summed E-state index contributed by atoms with van der Waals surface area (Å²) in [5, 5.41) is 6.61. The Kier molecular flexibility index (Phi) is 5.23. The second-order valence-corrected chi connectivity index (χ2v) is 8.49. The number of rotatable bonds is 3. The summed E-state index contributed by atoms with van der Waals surface area (Å²) in [6, 6.07) is 7.89. The SMILES string of the molecule is Cc1nc(C(F)(F)F)ccc1C(=O)N1CCN(c2nc3nccc(-c4cccs4)n3n2)CC1. The van der Waals surface area contributed by atoms with Crippen LogP contribution < -0.4 is 4.90 Å². The Morgan fingerprint density at radius 2 is 1.85 bits per heavy atom. The van der Waals surface area contributed by atoms with Gasteiger partial charge in [0, 0.05) is 32.4 Å². The topological polar surface area (TPSA) is 79.5 Å². The van der Waals surface area contributed by atoms with E-state index in [1.807, 2.05) is 28.5 Å². The van der Waals surface area contributed by atoms with Crippen LogP contribution in [0.25, 0.3) is 16.3 Å². The lowest BCUT2D eigenvalue weighted by atomic mass is 10.1. The largest absolute Gasteiger partial charge is 0.433 e. The van der Waals surface area contributed by atoms with Gasteiger partial charge in [-0.1, -0.05) is 6.07 Å². The first kappa shape index (κ1) is 21.3. The molecule has 1 saturated heterocycles. The number of piperazine rings is 1. The number of fused-ring (bicyclic) bond motifs is 1. The zero-order valence-corrected chi connectivity index (χ0v) is 18.3. The second-order valence-electron chi connectivity index (χ2n) is 7.54. The summed E-state index contributed by atoms with van der Waals surface area (Å²) in [6.45, 7) is 3.17. The number of aromatic nitrogens is 5. The Morgan fingerprint density at radius 3 is 2.52 bits per heavy atom. The van der Waals surface area contributed by atoms with E-state index in [4.69, 9.17) is 0 Å². The van der Waals surface area contributed by atoms with Crippen molar-refractivity contribution in [1.29, 1.82) is 0 Å². The second kappa shape index (κ2) is 8.10. The van der Waals surface area contributed by atoms with E-state index in [9.17, 15) is 18.0 Å². The average Bonchev–Trinajstić information content (AvgIpc) is 3.48. The highest BCUT2D eigenvalue weighted by atomic mass is 32.1. The van der Waals surface area contributed by atoms with E-state index < -0.39 is 11.9 Å². The monoisotopic (exact) mass is 473 g/mol. The smallest absolute Gasteiger partial charge is 0.336 e. The average molecular weight is 473 g/mol. The number of aryl methyl sites for hydroxylation is 1. The van der Waals surface area contributed by atoms with E-state index in [0.717, 1.165) is 16.6 Å². The molecule has 0 radical (unpaired) electrons. The zero-order valence-electron chi connectivity index (χ0n) is 17.5. The molecule has 33 heavy (non-hydrogen) atoms. The maximum absolute atomic E-state index is 12.9. The quantitative estimate of drug-likeness (QED) is 0.453. The summed E-state index contributed by atoms with van der Waals surface area (Å²) >= 11 is 1.60. The normalized spacial score (nSPS) is 14.8. The molecule has 4 aromatic heterocycles. The third kappa shape index (κ3) is 4.01. The molecular formula is C21H18F3N7OS. The van der Waals surface area contributed by atoms with E-state index in [0.29, 0.717) is 37.9 Å².